The fourth-order valence-corrected chi connectivity index (χ4v) is 3.35. The molecule has 1 aromatic heterocycles. The normalized spacial score (nSPS) is 16.6. The summed E-state index contributed by atoms with van der Waals surface area (Å²) in [4.78, 5) is 24.5. The second kappa shape index (κ2) is 8.14. The third kappa shape index (κ3) is 5.13. The first-order valence-electron chi connectivity index (χ1n) is 7.32. The van der Waals surface area contributed by atoms with E-state index in [1.165, 1.54) is 31.3 Å². The topological polar surface area (TPSA) is 67.4 Å². The minimum Gasteiger partial charge on any atom is -0.469 e. The van der Waals surface area contributed by atoms with Gasteiger partial charge in [-0.1, -0.05) is 18.9 Å². The van der Waals surface area contributed by atoms with Gasteiger partial charge in [0.05, 0.1) is 26.1 Å². The predicted molar refractivity (Wildman–Crippen MR) is 82.1 cm³/mol. The molecular weight excluding hydrogens is 288 g/mol. The summed E-state index contributed by atoms with van der Waals surface area (Å²) in [6.45, 7) is 0.299. The largest absolute Gasteiger partial charge is 0.469 e. The molecule has 1 heterocycles. The first kappa shape index (κ1) is 16.0. The maximum absolute atomic E-state index is 12.1. The molecule has 21 heavy (non-hydrogen) atoms. The van der Waals surface area contributed by atoms with Gasteiger partial charge in [-0.15, -0.1) is 11.3 Å². The van der Waals surface area contributed by atoms with Crippen molar-refractivity contribution in [2.24, 2.45) is 0 Å². The highest BCUT2D eigenvalue weighted by Gasteiger charge is 2.21. The molecule has 2 N–H and O–H groups in total. The van der Waals surface area contributed by atoms with Gasteiger partial charge in [0.1, 0.15) is 0 Å². The van der Waals surface area contributed by atoms with Gasteiger partial charge in [-0.2, -0.15) is 0 Å². The van der Waals surface area contributed by atoms with E-state index in [1.54, 1.807) is 0 Å². The third-order valence-corrected chi connectivity index (χ3v) is 4.71. The average molecular weight is 310 g/mol. The van der Waals surface area contributed by atoms with Crippen LogP contribution in [-0.4, -0.2) is 31.6 Å². The minimum atomic E-state index is -0.322. The number of esters is 1. The van der Waals surface area contributed by atoms with Crippen LogP contribution in [-0.2, 0) is 14.3 Å². The van der Waals surface area contributed by atoms with Crippen LogP contribution in [0.4, 0.5) is 0 Å². The predicted octanol–water partition coefficient (Wildman–Crippen LogP) is 2.00. The molecule has 116 valence electrons. The zero-order chi connectivity index (χ0) is 15.1. The van der Waals surface area contributed by atoms with Crippen molar-refractivity contribution in [1.29, 1.82) is 0 Å². The van der Waals surface area contributed by atoms with Crippen molar-refractivity contribution in [3.8, 4) is 0 Å². The molecule has 1 unspecified atom stereocenters. The maximum atomic E-state index is 12.1. The fourth-order valence-electron chi connectivity index (χ4n) is 2.57. The van der Waals surface area contributed by atoms with Crippen LogP contribution in [0.3, 0.4) is 0 Å². The maximum Gasteiger partial charge on any atom is 0.307 e. The van der Waals surface area contributed by atoms with Crippen molar-refractivity contribution in [2.75, 3.05) is 13.7 Å². The molecule has 0 aliphatic heterocycles. The number of rotatable bonds is 7. The van der Waals surface area contributed by atoms with Crippen molar-refractivity contribution in [3.63, 3.8) is 0 Å². The van der Waals surface area contributed by atoms with Crippen molar-refractivity contribution >= 4 is 23.2 Å². The van der Waals surface area contributed by atoms with Crippen LogP contribution in [0.1, 0.15) is 43.0 Å². The van der Waals surface area contributed by atoms with Crippen LogP contribution in [0.2, 0.25) is 0 Å². The number of carbonyl (C=O) groups excluding carboxylic acids is 2. The highest BCUT2D eigenvalue weighted by Crippen LogP contribution is 2.22. The van der Waals surface area contributed by atoms with E-state index in [2.05, 4.69) is 10.6 Å². The van der Waals surface area contributed by atoms with Gasteiger partial charge in [0.2, 0.25) is 5.91 Å². The van der Waals surface area contributed by atoms with Crippen LogP contribution in [0.5, 0.6) is 0 Å². The lowest BCUT2D eigenvalue weighted by Gasteiger charge is -2.18. The van der Waals surface area contributed by atoms with E-state index >= 15 is 0 Å². The van der Waals surface area contributed by atoms with Crippen molar-refractivity contribution in [2.45, 2.75) is 44.2 Å². The summed E-state index contributed by atoms with van der Waals surface area (Å²) in [5.74, 6) is -0.401. The van der Waals surface area contributed by atoms with Gasteiger partial charge in [0.15, 0.2) is 0 Å². The van der Waals surface area contributed by atoms with E-state index in [9.17, 15) is 9.59 Å². The van der Waals surface area contributed by atoms with Gasteiger partial charge in [-0.05, 0) is 24.3 Å². The number of ether oxygens (including phenoxy) is 1. The summed E-state index contributed by atoms with van der Waals surface area (Å²) in [5, 5.41) is 8.12. The van der Waals surface area contributed by atoms with Crippen LogP contribution in [0.25, 0.3) is 0 Å². The Morgan fingerprint density at radius 2 is 2.19 bits per heavy atom. The zero-order valence-corrected chi connectivity index (χ0v) is 13.1. The Bertz CT molecular complexity index is 455. The van der Waals surface area contributed by atoms with E-state index < -0.39 is 0 Å². The summed E-state index contributed by atoms with van der Waals surface area (Å²) in [6, 6.07) is 3.97. The second-order valence-electron chi connectivity index (χ2n) is 5.28. The van der Waals surface area contributed by atoms with Gasteiger partial charge in [0, 0.05) is 10.9 Å². The average Bonchev–Trinajstić information content (AvgIpc) is 3.17. The highest BCUT2D eigenvalue weighted by molar-refractivity contribution is 7.10. The molecule has 1 aliphatic rings. The summed E-state index contributed by atoms with van der Waals surface area (Å²) in [6.07, 6.45) is 4.92. The van der Waals surface area contributed by atoms with Crippen molar-refractivity contribution < 1.29 is 14.3 Å². The van der Waals surface area contributed by atoms with E-state index in [1.807, 2.05) is 17.5 Å². The number of methoxy groups -OCH3 is 1. The first-order chi connectivity index (χ1) is 10.2. The molecule has 5 nitrogen and oxygen atoms in total. The molecule has 1 aliphatic carbocycles. The van der Waals surface area contributed by atoms with Crippen molar-refractivity contribution in [3.05, 3.63) is 22.4 Å². The summed E-state index contributed by atoms with van der Waals surface area (Å²) < 4.78 is 4.70. The SMILES string of the molecule is COC(=O)CC(NC(=O)CNC1CCCC1)c1cccs1. The Hall–Kier alpha value is -1.40. The lowest BCUT2D eigenvalue weighted by molar-refractivity contribution is -0.141. The Morgan fingerprint density at radius 3 is 2.81 bits per heavy atom. The van der Waals surface area contributed by atoms with Crippen LogP contribution < -0.4 is 10.6 Å². The van der Waals surface area contributed by atoms with Crippen molar-refractivity contribution in [1.82, 2.24) is 10.6 Å². The van der Waals surface area contributed by atoms with Gasteiger partial charge >= 0.3 is 5.97 Å². The van der Waals surface area contributed by atoms with E-state index in [0.717, 1.165) is 17.7 Å². The molecule has 1 amide bonds. The van der Waals surface area contributed by atoms with Crippen LogP contribution >= 0.6 is 11.3 Å². The summed E-state index contributed by atoms with van der Waals surface area (Å²) >= 11 is 1.53. The number of thiophene rings is 1. The first-order valence-corrected chi connectivity index (χ1v) is 8.20. The number of amides is 1. The van der Waals surface area contributed by atoms with Gasteiger partial charge in [0.25, 0.3) is 0 Å². The molecule has 2 rings (SSSR count). The molecule has 1 atom stereocenters. The monoisotopic (exact) mass is 310 g/mol. The Labute approximate surface area is 129 Å². The van der Waals surface area contributed by atoms with Gasteiger partial charge < -0.3 is 15.4 Å². The second-order valence-corrected chi connectivity index (χ2v) is 6.26. The number of hydrogen-bond donors (Lipinski definition) is 2. The van der Waals surface area contributed by atoms with Gasteiger partial charge in [-0.3, -0.25) is 9.59 Å². The van der Waals surface area contributed by atoms with E-state index in [-0.39, 0.29) is 24.3 Å². The Kier molecular flexibility index (Phi) is 6.20. The lowest BCUT2D eigenvalue weighted by Crippen LogP contribution is -2.40. The van der Waals surface area contributed by atoms with E-state index in [4.69, 9.17) is 4.74 Å². The minimum absolute atomic E-state index is 0.0794. The van der Waals surface area contributed by atoms with Crippen LogP contribution in [0.15, 0.2) is 17.5 Å². The molecular formula is C15H22N2O3S. The number of nitrogens with one attached hydrogen (secondary N) is 2. The molecule has 0 aromatic carbocycles. The summed E-state index contributed by atoms with van der Waals surface area (Å²) in [7, 11) is 1.36. The molecule has 1 aromatic rings. The molecule has 0 saturated heterocycles. The lowest BCUT2D eigenvalue weighted by atomic mass is 10.1. The molecule has 0 spiro atoms. The summed E-state index contributed by atoms with van der Waals surface area (Å²) in [5.41, 5.74) is 0. The van der Waals surface area contributed by atoms with E-state index in [0.29, 0.717) is 12.6 Å². The highest BCUT2D eigenvalue weighted by atomic mass is 32.1. The Morgan fingerprint density at radius 1 is 1.43 bits per heavy atom. The standard InChI is InChI=1S/C15H22N2O3S/c1-20-15(19)9-12(13-7-4-8-21-13)17-14(18)10-16-11-5-2-3-6-11/h4,7-8,11-12,16H,2-3,5-6,9-10H2,1H3,(H,17,18). The quantitative estimate of drug-likeness (QED) is 0.756. The molecule has 1 fully saturated rings. The fraction of sp³-hybridized carbons (Fsp3) is 0.600. The smallest absolute Gasteiger partial charge is 0.307 e. The van der Waals surface area contributed by atoms with Gasteiger partial charge in [-0.25, -0.2) is 0 Å². The Balaban J connectivity index is 1.85. The molecule has 0 radical (unpaired) electrons. The number of hydrogen-bond acceptors (Lipinski definition) is 5. The molecule has 6 heteroatoms. The number of carbonyl (C=O) groups is 2. The van der Waals surface area contributed by atoms with Crippen LogP contribution in [0, 0.1) is 0 Å². The zero-order valence-electron chi connectivity index (χ0n) is 12.3. The molecule has 1 saturated carbocycles. The molecule has 0 bridgehead atoms. The third-order valence-electron chi connectivity index (χ3n) is 3.73.